The number of hydrogen-bond donors (Lipinski definition) is 1. The standard InChI is InChI=1S/C27H40N2O5S/c1-6-10-18(4)28-13-9-12-27-20(21-25(33)34-14-8-7-11-26(21,5)35-27)23(31)29(22(27)24(28)32)19(16-30)15-17(2)3/h7,9,11-12,17-22,30H,6,8,10,13-16H2,1-5H3/t18?,19-,20+,21+,22?,26-,27+/m1/s1. The van der Waals surface area contributed by atoms with Crippen LogP contribution in [0.3, 0.4) is 0 Å². The Kier molecular flexibility index (Phi) is 7.45. The maximum atomic E-state index is 14.3. The molecule has 0 bridgehead atoms. The molecule has 0 aromatic rings. The molecule has 2 unspecified atom stereocenters. The van der Waals surface area contributed by atoms with Crippen molar-refractivity contribution in [3.63, 3.8) is 0 Å². The summed E-state index contributed by atoms with van der Waals surface area (Å²) < 4.78 is 4.03. The lowest BCUT2D eigenvalue weighted by atomic mass is 9.74. The molecule has 8 heteroatoms. The lowest BCUT2D eigenvalue weighted by Crippen LogP contribution is -2.58. The average Bonchev–Trinajstić information content (AvgIpc) is 3.11. The Morgan fingerprint density at radius 2 is 1.89 bits per heavy atom. The van der Waals surface area contributed by atoms with Crippen molar-refractivity contribution in [3.05, 3.63) is 24.3 Å². The summed E-state index contributed by atoms with van der Waals surface area (Å²) in [6.45, 7) is 10.8. The van der Waals surface area contributed by atoms with E-state index in [0.29, 0.717) is 19.4 Å². The van der Waals surface area contributed by atoms with Gasteiger partial charge in [0.1, 0.15) is 6.04 Å². The summed E-state index contributed by atoms with van der Waals surface area (Å²) in [6, 6.07) is -1.23. The number of likely N-dealkylation sites (tertiary alicyclic amines) is 1. The summed E-state index contributed by atoms with van der Waals surface area (Å²) >= 11 is 1.56. The van der Waals surface area contributed by atoms with Crippen LogP contribution < -0.4 is 0 Å². The number of hydrogen-bond acceptors (Lipinski definition) is 6. The molecule has 0 aromatic heterocycles. The molecule has 4 heterocycles. The molecule has 0 radical (unpaired) electrons. The smallest absolute Gasteiger partial charge is 0.311 e. The van der Waals surface area contributed by atoms with Gasteiger partial charge in [-0.1, -0.05) is 51.5 Å². The lowest BCUT2D eigenvalue weighted by Gasteiger charge is -2.41. The summed E-state index contributed by atoms with van der Waals surface area (Å²) in [7, 11) is 0. The van der Waals surface area contributed by atoms with Gasteiger partial charge >= 0.3 is 5.97 Å². The van der Waals surface area contributed by atoms with E-state index in [1.54, 1.807) is 16.7 Å². The zero-order valence-electron chi connectivity index (χ0n) is 21.6. The van der Waals surface area contributed by atoms with Gasteiger partial charge in [-0.25, -0.2) is 0 Å². The van der Waals surface area contributed by atoms with Gasteiger partial charge in [0.25, 0.3) is 0 Å². The number of aliphatic hydroxyl groups is 1. The number of thioether (sulfide) groups is 1. The highest BCUT2D eigenvalue weighted by Gasteiger charge is 2.74. The number of amides is 2. The Morgan fingerprint density at radius 3 is 2.54 bits per heavy atom. The minimum atomic E-state index is -0.896. The van der Waals surface area contributed by atoms with E-state index >= 15 is 0 Å². The number of aliphatic hydroxyl groups excluding tert-OH is 1. The second kappa shape index (κ2) is 9.92. The topological polar surface area (TPSA) is 87.2 Å². The third kappa shape index (κ3) is 4.24. The molecule has 7 atom stereocenters. The molecular formula is C27H40N2O5S. The van der Waals surface area contributed by atoms with Gasteiger partial charge in [-0.15, -0.1) is 11.8 Å². The predicted molar refractivity (Wildman–Crippen MR) is 137 cm³/mol. The van der Waals surface area contributed by atoms with E-state index in [1.165, 1.54) is 0 Å². The lowest BCUT2D eigenvalue weighted by molar-refractivity contribution is -0.155. The Morgan fingerprint density at radius 1 is 1.14 bits per heavy atom. The fourth-order valence-electron chi connectivity index (χ4n) is 6.63. The Balaban J connectivity index is 1.88. The Bertz CT molecular complexity index is 919. The van der Waals surface area contributed by atoms with Crippen molar-refractivity contribution in [2.75, 3.05) is 19.8 Å². The molecule has 35 heavy (non-hydrogen) atoms. The van der Waals surface area contributed by atoms with Crippen LogP contribution in [0.5, 0.6) is 0 Å². The van der Waals surface area contributed by atoms with Gasteiger partial charge in [-0.05, 0) is 39.0 Å². The van der Waals surface area contributed by atoms with Gasteiger partial charge < -0.3 is 19.6 Å². The Hall–Kier alpha value is -1.80. The molecule has 1 spiro atoms. The van der Waals surface area contributed by atoms with Crippen molar-refractivity contribution in [2.24, 2.45) is 17.8 Å². The highest BCUT2D eigenvalue weighted by atomic mass is 32.2. The van der Waals surface area contributed by atoms with Crippen LogP contribution in [0.15, 0.2) is 24.3 Å². The van der Waals surface area contributed by atoms with Gasteiger partial charge in [-0.2, -0.15) is 0 Å². The first-order valence-corrected chi connectivity index (χ1v) is 13.9. The third-order valence-corrected chi connectivity index (χ3v) is 9.87. The van der Waals surface area contributed by atoms with Gasteiger partial charge in [-0.3, -0.25) is 14.4 Å². The first-order valence-electron chi connectivity index (χ1n) is 13.1. The molecule has 7 nitrogen and oxygen atoms in total. The highest BCUT2D eigenvalue weighted by molar-refractivity contribution is 8.02. The van der Waals surface area contributed by atoms with Crippen molar-refractivity contribution < 1.29 is 24.2 Å². The number of nitrogens with zero attached hydrogens (tertiary/aromatic N) is 2. The number of carbonyl (C=O) groups is 3. The van der Waals surface area contributed by atoms with Crippen LogP contribution in [-0.4, -0.2) is 80.1 Å². The van der Waals surface area contributed by atoms with E-state index in [4.69, 9.17) is 4.74 Å². The summed E-state index contributed by atoms with van der Waals surface area (Å²) in [5.74, 6) is -1.86. The largest absolute Gasteiger partial charge is 0.465 e. The van der Waals surface area contributed by atoms with Crippen molar-refractivity contribution in [2.45, 2.75) is 87.9 Å². The van der Waals surface area contributed by atoms with E-state index in [0.717, 1.165) is 12.8 Å². The average molecular weight is 505 g/mol. The first kappa shape index (κ1) is 26.3. The number of carbonyl (C=O) groups excluding carboxylic acids is 3. The molecule has 2 saturated heterocycles. The van der Waals surface area contributed by atoms with Crippen LogP contribution in [0.1, 0.15) is 60.3 Å². The van der Waals surface area contributed by atoms with Gasteiger partial charge in [0.2, 0.25) is 11.8 Å². The molecule has 0 saturated carbocycles. The SMILES string of the molecule is CCCC(C)N1CC=C[C@]23S[C@]4(C)C=CCCOC(=O)[C@@H]4[C@H]2C(=O)N([C@@H](CO)CC(C)C)C3C1=O. The number of cyclic esters (lactones) is 1. The quantitative estimate of drug-likeness (QED) is 0.423. The second-order valence-corrected chi connectivity index (χ2v) is 12.9. The van der Waals surface area contributed by atoms with Crippen molar-refractivity contribution >= 4 is 29.5 Å². The van der Waals surface area contributed by atoms with Gasteiger partial charge in [0.05, 0.1) is 35.8 Å². The van der Waals surface area contributed by atoms with Gasteiger partial charge in [0, 0.05) is 17.3 Å². The van der Waals surface area contributed by atoms with Crippen LogP contribution >= 0.6 is 11.8 Å². The molecule has 4 aliphatic heterocycles. The maximum absolute atomic E-state index is 14.3. The van der Waals surface area contributed by atoms with E-state index in [9.17, 15) is 19.5 Å². The predicted octanol–water partition coefficient (Wildman–Crippen LogP) is 3.17. The van der Waals surface area contributed by atoms with Crippen LogP contribution in [0.4, 0.5) is 0 Å². The maximum Gasteiger partial charge on any atom is 0.311 e. The van der Waals surface area contributed by atoms with Crippen molar-refractivity contribution in [1.82, 2.24) is 9.80 Å². The molecule has 2 amide bonds. The molecule has 1 N–H and O–H groups in total. The fourth-order valence-corrected chi connectivity index (χ4v) is 8.77. The Labute approximate surface area is 213 Å². The van der Waals surface area contributed by atoms with E-state index < -0.39 is 33.4 Å². The van der Waals surface area contributed by atoms with Crippen LogP contribution in [0.25, 0.3) is 0 Å². The molecule has 0 aliphatic carbocycles. The zero-order chi connectivity index (χ0) is 25.5. The van der Waals surface area contributed by atoms with E-state index in [1.807, 2.05) is 50.0 Å². The summed E-state index contributed by atoms with van der Waals surface area (Å²) in [5.41, 5.74) is 0. The summed E-state index contributed by atoms with van der Waals surface area (Å²) in [4.78, 5) is 45.5. The molecule has 194 valence electrons. The minimum absolute atomic E-state index is 0.0292. The fraction of sp³-hybridized carbons (Fsp3) is 0.741. The zero-order valence-corrected chi connectivity index (χ0v) is 22.4. The summed E-state index contributed by atoms with van der Waals surface area (Å²) in [6.07, 6.45) is 11.1. The second-order valence-electron chi connectivity index (χ2n) is 11.1. The number of esters is 1. The highest BCUT2D eigenvalue weighted by Crippen LogP contribution is 2.65. The van der Waals surface area contributed by atoms with Crippen LogP contribution in [0, 0.1) is 17.8 Å². The van der Waals surface area contributed by atoms with Crippen LogP contribution in [-0.2, 0) is 19.1 Å². The molecule has 4 aliphatic rings. The third-order valence-electron chi connectivity index (χ3n) is 8.07. The molecule has 4 rings (SSSR count). The number of rotatable bonds is 7. The van der Waals surface area contributed by atoms with Gasteiger partial charge in [0.15, 0.2) is 0 Å². The number of ether oxygens (including phenoxy) is 1. The van der Waals surface area contributed by atoms with E-state index in [-0.39, 0.29) is 43.0 Å². The van der Waals surface area contributed by atoms with E-state index in [2.05, 4.69) is 13.8 Å². The number of fused-ring (bicyclic) bond motifs is 2. The molecule has 0 aromatic carbocycles. The van der Waals surface area contributed by atoms with Crippen molar-refractivity contribution in [3.8, 4) is 0 Å². The molecular weight excluding hydrogens is 464 g/mol. The normalized spacial score (nSPS) is 36.3. The summed E-state index contributed by atoms with van der Waals surface area (Å²) in [5, 5.41) is 10.4. The van der Waals surface area contributed by atoms with Crippen molar-refractivity contribution in [1.29, 1.82) is 0 Å². The first-order chi connectivity index (χ1) is 16.6. The molecule has 2 fully saturated rings. The van der Waals surface area contributed by atoms with Crippen LogP contribution in [0.2, 0.25) is 0 Å². The monoisotopic (exact) mass is 504 g/mol. The minimum Gasteiger partial charge on any atom is -0.465 e.